The number of carbonyl (C=O) groups is 2. The molecule has 2 aromatic rings. The molecule has 2 aromatic carbocycles. The highest BCUT2D eigenvalue weighted by Crippen LogP contribution is 2.25. The molecule has 0 aliphatic rings. The van der Waals surface area contributed by atoms with Gasteiger partial charge in [-0.15, -0.1) is 0 Å². The minimum Gasteiger partial charge on any atom is -0.354 e. The van der Waals surface area contributed by atoms with Crippen molar-refractivity contribution in [2.75, 3.05) is 23.7 Å². The molecule has 2 rings (SSSR count). The van der Waals surface area contributed by atoms with Crippen molar-refractivity contribution in [1.82, 2.24) is 10.2 Å². The van der Waals surface area contributed by atoms with E-state index in [-0.39, 0.29) is 24.1 Å². The molecule has 0 aliphatic heterocycles. The molecule has 7 nitrogen and oxygen atoms in total. The van der Waals surface area contributed by atoms with Crippen LogP contribution in [-0.4, -0.2) is 50.5 Å². The van der Waals surface area contributed by atoms with Crippen molar-refractivity contribution in [3.05, 3.63) is 64.4 Å². The van der Waals surface area contributed by atoms with Gasteiger partial charge < -0.3 is 10.2 Å². The van der Waals surface area contributed by atoms with Crippen molar-refractivity contribution in [1.29, 1.82) is 0 Å². The van der Waals surface area contributed by atoms with E-state index in [9.17, 15) is 22.4 Å². The zero-order chi connectivity index (χ0) is 26.3. The van der Waals surface area contributed by atoms with Crippen LogP contribution < -0.4 is 9.62 Å². The fourth-order valence-corrected chi connectivity index (χ4v) is 4.50. The normalized spacial score (nSPS) is 12.3. The van der Waals surface area contributed by atoms with Gasteiger partial charge in [-0.3, -0.25) is 13.9 Å². The van der Waals surface area contributed by atoms with E-state index in [1.807, 2.05) is 13.8 Å². The summed E-state index contributed by atoms with van der Waals surface area (Å²) >= 11 is 6.20. The minimum atomic E-state index is -3.85. The third kappa shape index (κ3) is 8.21. The largest absolute Gasteiger partial charge is 0.354 e. The average Bonchev–Trinajstić information content (AvgIpc) is 2.78. The molecule has 0 fully saturated rings. The number of carbonyl (C=O) groups excluding carboxylic acids is 2. The molecule has 0 saturated heterocycles. The lowest BCUT2D eigenvalue weighted by molar-refractivity contribution is -0.140. The number of hydrogen-bond donors (Lipinski definition) is 1. The van der Waals surface area contributed by atoms with Gasteiger partial charge in [0.2, 0.25) is 21.8 Å². The van der Waals surface area contributed by atoms with E-state index in [2.05, 4.69) is 5.32 Å². The quantitative estimate of drug-likeness (QED) is 0.478. The first-order valence-corrected chi connectivity index (χ1v) is 13.6. The van der Waals surface area contributed by atoms with Crippen LogP contribution in [0.3, 0.4) is 0 Å². The molecule has 0 spiro atoms. The lowest BCUT2D eigenvalue weighted by Crippen LogP contribution is -2.52. The van der Waals surface area contributed by atoms with Gasteiger partial charge in [-0.2, -0.15) is 0 Å². The molecular weight excluding hydrogens is 493 g/mol. The molecule has 1 atom stereocenters. The van der Waals surface area contributed by atoms with Crippen LogP contribution in [0.5, 0.6) is 0 Å². The van der Waals surface area contributed by atoms with Crippen LogP contribution in [0, 0.1) is 18.7 Å². The van der Waals surface area contributed by atoms with Crippen LogP contribution >= 0.6 is 11.6 Å². The fourth-order valence-electron chi connectivity index (χ4n) is 3.48. The van der Waals surface area contributed by atoms with Gasteiger partial charge in [0.15, 0.2) is 0 Å². The number of rotatable bonds is 11. The summed E-state index contributed by atoms with van der Waals surface area (Å²) in [4.78, 5) is 27.9. The van der Waals surface area contributed by atoms with E-state index in [0.717, 1.165) is 16.1 Å². The van der Waals surface area contributed by atoms with Gasteiger partial charge in [0.25, 0.3) is 0 Å². The van der Waals surface area contributed by atoms with Gasteiger partial charge in [0.05, 0.1) is 11.9 Å². The number of sulfonamides is 1. The first-order chi connectivity index (χ1) is 16.3. The number of anilines is 1. The third-order valence-electron chi connectivity index (χ3n) is 5.46. The Balaban J connectivity index is 2.43. The van der Waals surface area contributed by atoms with Gasteiger partial charge in [0, 0.05) is 18.1 Å². The molecule has 0 aliphatic carbocycles. The van der Waals surface area contributed by atoms with Gasteiger partial charge >= 0.3 is 0 Å². The van der Waals surface area contributed by atoms with Gasteiger partial charge in [-0.25, -0.2) is 12.8 Å². The Kier molecular flexibility index (Phi) is 10.1. The van der Waals surface area contributed by atoms with Crippen molar-refractivity contribution in [3.63, 3.8) is 0 Å². The van der Waals surface area contributed by atoms with Crippen LogP contribution in [0.1, 0.15) is 38.3 Å². The number of aryl methyl sites for hydroxylation is 1. The maximum Gasteiger partial charge on any atom is 0.244 e. The highest BCUT2D eigenvalue weighted by molar-refractivity contribution is 7.92. The van der Waals surface area contributed by atoms with E-state index in [0.29, 0.717) is 23.6 Å². The number of hydrogen-bond acceptors (Lipinski definition) is 4. The van der Waals surface area contributed by atoms with Crippen LogP contribution in [0.25, 0.3) is 0 Å². The van der Waals surface area contributed by atoms with Crippen LogP contribution in [0.4, 0.5) is 10.1 Å². The van der Waals surface area contributed by atoms with Gasteiger partial charge in [0.1, 0.15) is 18.4 Å². The maximum atomic E-state index is 13.6. The van der Waals surface area contributed by atoms with Crippen molar-refractivity contribution < 1.29 is 22.4 Å². The summed E-state index contributed by atoms with van der Waals surface area (Å²) in [5, 5.41) is 3.22. The first kappa shape index (κ1) is 28.6. The Bertz CT molecular complexity index is 1140. The molecule has 35 heavy (non-hydrogen) atoms. The molecular formula is C25H33ClFN3O4S. The Morgan fingerprint density at radius 1 is 1.11 bits per heavy atom. The number of nitrogens with one attached hydrogen (secondary N) is 1. The van der Waals surface area contributed by atoms with Crippen LogP contribution in [0.2, 0.25) is 5.02 Å². The summed E-state index contributed by atoms with van der Waals surface area (Å²) in [5.74, 6) is -1.11. The molecule has 2 amide bonds. The van der Waals surface area contributed by atoms with E-state index in [4.69, 9.17) is 11.6 Å². The van der Waals surface area contributed by atoms with Gasteiger partial charge in [-0.05, 0) is 54.7 Å². The third-order valence-corrected chi connectivity index (χ3v) is 7.01. The zero-order valence-electron chi connectivity index (χ0n) is 20.7. The SMILES string of the molecule is CC[C@H](C(=O)NCC(C)C)N(Cc1ccc(F)cc1)C(=O)CN(c1ccc(C)c(Cl)c1)S(C)(=O)=O. The standard InChI is InChI=1S/C25H33ClFN3O4S/c1-6-23(25(32)28-14-17(2)3)29(15-19-8-10-20(27)11-9-19)24(31)16-30(35(5,33)34)21-12-7-18(4)22(26)13-21/h7-13,17,23H,6,14-16H2,1-5H3,(H,28,32)/t23-/m1/s1. The Hall–Kier alpha value is -2.65. The molecule has 1 N–H and O–H groups in total. The predicted octanol–water partition coefficient (Wildman–Crippen LogP) is 4.13. The highest BCUT2D eigenvalue weighted by atomic mass is 35.5. The molecule has 0 bridgehead atoms. The summed E-state index contributed by atoms with van der Waals surface area (Å²) in [5.41, 5.74) is 1.62. The smallest absolute Gasteiger partial charge is 0.244 e. The zero-order valence-corrected chi connectivity index (χ0v) is 22.3. The van der Waals surface area contributed by atoms with Crippen molar-refractivity contribution in [3.8, 4) is 0 Å². The molecule has 192 valence electrons. The second-order valence-corrected chi connectivity index (χ2v) is 11.2. The second kappa shape index (κ2) is 12.4. The van der Waals surface area contributed by atoms with Crippen molar-refractivity contribution in [2.45, 2.75) is 46.7 Å². The van der Waals surface area contributed by atoms with Crippen molar-refractivity contribution in [2.24, 2.45) is 5.92 Å². The van der Waals surface area contributed by atoms with Crippen LogP contribution in [0.15, 0.2) is 42.5 Å². The van der Waals surface area contributed by atoms with E-state index >= 15 is 0 Å². The Labute approximate surface area is 212 Å². The van der Waals surface area contributed by atoms with Crippen molar-refractivity contribution >= 4 is 39.1 Å². The van der Waals surface area contributed by atoms with E-state index in [1.165, 1.54) is 35.2 Å². The molecule has 0 aromatic heterocycles. The Morgan fingerprint density at radius 3 is 2.26 bits per heavy atom. The monoisotopic (exact) mass is 525 g/mol. The molecule has 0 saturated carbocycles. The summed E-state index contributed by atoms with van der Waals surface area (Å²) in [6.07, 6.45) is 1.32. The molecule has 0 unspecified atom stereocenters. The molecule has 0 heterocycles. The predicted molar refractivity (Wildman–Crippen MR) is 137 cm³/mol. The number of nitrogens with zero attached hydrogens (tertiary/aromatic N) is 2. The lowest BCUT2D eigenvalue weighted by atomic mass is 10.1. The minimum absolute atomic E-state index is 0.0129. The summed E-state index contributed by atoms with van der Waals surface area (Å²) in [6, 6.07) is 9.50. The van der Waals surface area contributed by atoms with E-state index < -0.39 is 34.3 Å². The molecule has 10 heteroatoms. The second-order valence-electron chi connectivity index (χ2n) is 8.91. The average molecular weight is 526 g/mol. The lowest BCUT2D eigenvalue weighted by Gasteiger charge is -2.33. The number of halogens is 2. The first-order valence-electron chi connectivity index (χ1n) is 11.4. The number of benzene rings is 2. The van der Waals surface area contributed by atoms with Gasteiger partial charge in [-0.1, -0.05) is 50.6 Å². The van der Waals surface area contributed by atoms with E-state index in [1.54, 1.807) is 26.0 Å². The Morgan fingerprint density at radius 2 is 1.74 bits per heavy atom. The topological polar surface area (TPSA) is 86.8 Å². The molecule has 0 radical (unpaired) electrons. The van der Waals surface area contributed by atoms with Crippen LogP contribution in [-0.2, 0) is 26.2 Å². The summed E-state index contributed by atoms with van der Waals surface area (Å²) < 4.78 is 39.7. The maximum absolute atomic E-state index is 13.6. The summed E-state index contributed by atoms with van der Waals surface area (Å²) in [6.45, 7) is 7.41. The summed E-state index contributed by atoms with van der Waals surface area (Å²) in [7, 11) is -3.85. The highest BCUT2D eigenvalue weighted by Gasteiger charge is 2.31. The fraction of sp³-hybridized carbons (Fsp3) is 0.440. The number of amides is 2.